The number of thiazole rings is 1. The van der Waals surface area contributed by atoms with E-state index in [1.807, 2.05) is 48.5 Å². The fourth-order valence-corrected chi connectivity index (χ4v) is 3.57. The molecule has 0 aliphatic heterocycles. The molecule has 2 aromatic carbocycles. The lowest BCUT2D eigenvalue weighted by Crippen LogP contribution is -2.23. The summed E-state index contributed by atoms with van der Waals surface area (Å²) in [5.41, 5.74) is 2.97. The summed E-state index contributed by atoms with van der Waals surface area (Å²) in [6.07, 6.45) is 0. The maximum absolute atomic E-state index is 5.25. The van der Waals surface area contributed by atoms with Crippen LogP contribution < -0.4 is 20.1 Å². The van der Waals surface area contributed by atoms with Crippen molar-refractivity contribution in [2.45, 2.75) is 0 Å². The van der Waals surface area contributed by atoms with Crippen LogP contribution in [-0.2, 0) is 0 Å². The van der Waals surface area contributed by atoms with Crippen LogP contribution in [0.15, 0.2) is 48.5 Å². The van der Waals surface area contributed by atoms with Crippen molar-refractivity contribution in [1.82, 2.24) is 10.3 Å². The highest BCUT2D eigenvalue weighted by atomic mass is 32.1. The van der Waals surface area contributed by atoms with Crippen LogP contribution in [0.4, 0.5) is 5.13 Å². The van der Waals surface area contributed by atoms with Gasteiger partial charge in [0.15, 0.2) is 10.2 Å². The summed E-state index contributed by atoms with van der Waals surface area (Å²) < 4.78 is 10.5. The highest BCUT2D eigenvalue weighted by Crippen LogP contribution is 2.39. The third-order valence-corrected chi connectivity index (χ3v) is 5.12. The van der Waals surface area contributed by atoms with E-state index < -0.39 is 0 Å². The normalized spacial score (nSPS) is 10.3. The van der Waals surface area contributed by atoms with Crippen LogP contribution in [0.5, 0.6) is 11.5 Å². The third-order valence-electron chi connectivity index (χ3n) is 3.79. The van der Waals surface area contributed by atoms with Crippen molar-refractivity contribution in [1.29, 1.82) is 0 Å². The topological polar surface area (TPSA) is 55.4 Å². The average Bonchev–Trinajstić information content (AvgIpc) is 3.11. The Balaban J connectivity index is 2.05. The van der Waals surface area contributed by atoms with E-state index in [0.717, 1.165) is 38.3 Å². The first-order valence-corrected chi connectivity index (χ1v) is 9.15. The summed E-state index contributed by atoms with van der Waals surface area (Å²) in [7, 11) is 5.09. The minimum absolute atomic E-state index is 0.529. The Morgan fingerprint density at radius 2 is 1.46 bits per heavy atom. The van der Waals surface area contributed by atoms with Gasteiger partial charge in [-0.2, -0.15) is 0 Å². The number of anilines is 1. The predicted molar refractivity (Wildman–Crippen MR) is 111 cm³/mol. The fourth-order valence-electron chi connectivity index (χ4n) is 2.42. The lowest BCUT2D eigenvalue weighted by atomic mass is 10.1. The molecule has 0 aliphatic carbocycles. The van der Waals surface area contributed by atoms with E-state index in [0.29, 0.717) is 5.11 Å². The largest absolute Gasteiger partial charge is 0.497 e. The first-order valence-electron chi connectivity index (χ1n) is 7.93. The number of hydrogen-bond acceptors (Lipinski definition) is 5. The lowest BCUT2D eigenvalue weighted by molar-refractivity contribution is 0.414. The Labute approximate surface area is 162 Å². The standard InChI is InChI=1S/C19H19N3O2S2/c1-20-18(25)22-19-21-16(12-4-8-14(23-2)9-5-12)17(26-19)13-6-10-15(24-3)11-7-13/h4-11H,1-3H3,(H2,20,21,22,25). The van der Waals surface area contributed by atoms with E-state index in [9.17, 15) is 0 Å². The molecule has 0 unspecified atom stereocenters. The van der Waals surface area contributed by atoms with Crippen molar-refractivity contribution in [2.24, 2.45) is 0 Å². The molecule has 3 aromatic rings. The maximum Gasteiger partial charge on any atom is 0.190 e. The zero-order chi connectivity index (χ0) is 18.5. The molecule has 0 fully saturated rings. The van der Waals surface area contributed by atoms with Crippen molar-refractivity contribution in [3.8, 4) is 33.2 Å². The van der Waals surface area contributed by atoms with Crippen molar-refractivity contribution < 1.29 is 9.47 Å². The van der Waals surface area contributed by atoms with Crippen LogP contribution in [0, 0.1) is 0 Å². The number of nitrogens with zero attached hydrogens (tertiary/aromatic N) is 1. The van der Waals surface area contributed by atoms with E-state index >= 15 is 0 Å². The second-order valence-electron chi connectivity index (χ2n) is 5.36. The number of methoxy groups -OCH3 is 2. The minimum atomic E-state index is 0.529. The summed E-state index contributed by atoms with van der Waals surface area (Å²) in [6.45, 7) is 0. The summed E-state index contributed by atoms with van der Waals surface area (Å²) in [4.78, 5) is 5.81. The molecule has 0 spiro atoms. The minimum Gasteiger partial charge on any atom is -0.497 e. The number of aromatic nitrogens is 1. The number of ether oxygens (including phenoxy) is 2. The molecule has 3 rings (SSSR count). The molecule has 0 saturated heterocycles. The van der Waals surface area contributed by atoms with Gasteiger partial charge >= 0.3 is 0 Å². The van der Waals surface area contributed by atoms with E-state index in [1.54, 1.807) is 32.6 Å². The van der Waals surface area contributed by atoms with Gasteiger partial charge in [-0.15, -0.1) is 0 Å². The van der Waals surface area contributed by atoms with Gasteiger partial charge in [-0.25, -0.2) is 4.98 Å². The molecular weight excluding hydrogens is 366 g/mol. The van der Waals surface area contributed by atoms with E-state index in [1.165, 1.54) is 0 Å². The Bertz CT molecular complexity index is 825. The summed E-state index contributed by atoms with van der Waals surface area (Å²) in [5.74, 6) is 1.63. The Morgan fingerprint density at radius 3 is 1.96 bits per heavy atom. The van der Waals surface area contributed by atoms with Gasteiger partial charge in [0.25, 0.3) is 0 Å². The first kappa shape index (κ1) is 18.2. The van der Waals surface area contributed by atoms with Gasteiger partial charge in [0.05, 0.1) is 24.8 Å². The van der Waals surface area contributed by atoms with Gasteiger partial charge < -0.3 is 20.1 Å². The quantitative estimate of drug-likeness (QED) is 0.635. The third kappa shape index (κ3) is 3.95. The zero-order valence-electron chi connectivity index (χ0n) is 14.7. The summed E-state index contributed by atoms with van der Waals surface area (Å²) in [6, 6.07) is 15.8. The molecule has 2 N–H and O–H groups in total. The monoisotopic (exact) mass is 385 g/mol. The van der Waals surface area contributed by atoms with Crippen LogP contribution in [0.3, 0.4) is 0 Å². The highest BCUT2D eigenvalue weighted by molar-refractivity contribution is 7.80. The maximum atomic E-state index is 5.25. The molecule has 0 amide bonds. The zero-order valence-corrected chi connectivity index (χ0v) is 16.3. The number of benzene rings is 2. The van der Waals surface area contributed by atoms with Crippen LogP contribution in [0.1, 0.15) is 0 Å². The molecule has 1 aromatic heterocycles. The highest BCUT2D eigenvalue weighted by Gasteiger charge is 2.16. The molecular formula is C19H19N3O2S2. The van der Waals surface area contributed by atoms with Crippen molar-refractivity contribution in [2.75, 3.05) is 26.6 Å². The van der Waals surface area contributed by atoms with Gasteiger partial charge in [0.1, 0.15) is 11.5 Å². The molecule has 0 aliphatic rings. The van der Waals surface area contributed by atoms with E-state index in [2.05, 4.69) is 10.6 Å². The van der Waals surface area contributed by atoms with Crippen molar-refractivity contribution in [3.63, 3.8) is 0 Å². The smallest absolute Gasteiger partial charge is 0.190 e. The van der Waals surface area contributed by atoms with Crippen molar-refractivity contribution in [3.05, 3.63) is 48.5 Å². The SMILES string of the molecule is CNC(=S)Nc1nc(-c2ccc(OC)cc2)c(-c2ccc(OC)cc2)s1. The number of thiocarbonyl (C=S) groups is 1. The Kier molecular flexibility index (Phi) is 5.70. The number of rotatable bonds is 5. The molecule has 0 bridgehead atoms. The average molecular weight is 386 g/mol. The predicted octanol–water partition coefficient (Wildman–Crippen LogP) is 4.41. The van der Waals surface area contributed by atoms with Crippen LogP contribution in [0.2, 0.25) is 0 Å². The molecule has 5 nitrogen and oxygen atoms in total. The first-order chi connectivity index (χ1) is 12.6. The molecule has 0 atom stereocenters. The molecule has 1 heterocycles. The summed E-state index contributed by atoms with van der Waals surface area (Å²) in [5, 5.41) is 7.29. The van der Waals surface area contributed by atoms with Crippen molar-refractivity contribution >= 4 is 33.8 Å². The Morgan fingerprint density at radius 1 is 0.923 bits per heavy atom. The summed E-state index contributed by atoms with van der Waals surface area (Å²) >= 11 is 6.75. The Hall–Kier alpha value is -2.64. The molecule has 26 heavy (non-hydrogen) atoms. The fraction of sp³-hybridized carbons (Fsp3) is 0.158. The van der Waals surface area contributed by atoms with E-state index in [4.69, 9.17) is 26.7 Å². The molecule has 134 valence electrons. The van der Waals surface area contributed by atoms with E-state index in [-0.39, 0.29) is 0 Å². The second kappa shape index (κ2) is 8.16. The van der Waals surface area contributed by atoms with Gasteiger partial charge in [0.2, 0.25) is 0 Å². The number of hydrogen-bond donors (Lipinski definition) is 2. The van der Waals surface area contributed by atoms with Crippen LogP contribution in [0.25, 0.3) is 21.7 Å². The van der Waals surface area contributed by atoms with Gasteiger partial charge in [-0.1, -0.05) is 11.3 Å². The molecule has 0 saturated carbocycles. The van der Waals surface area contributed by atoms with Crippen LogP contribution >= 0.6 is 23.6 Å². The molecule has 0 radical (unpaired) electrons. The van der Waals surface area contributed by atoms with Gasteiger partial charge in [-0.3, -0.25) is 0 Å². The second-order valence-corrected chi connectivity index (χ2v) is 6.77. The lowest BCUT2D eigenvalue weighted by Gasteiger charge is -2.05. The number of nitrogens with one attached hydrogen (secondary N) is 2. The van der Waals surface area contributed by atoms with Gasteiger partial charge in [0, 0.05) is 12.6 Å². The van der Waals surface area contributed by atoms with Gasteiger partial charge in [-0.05, 0) is 66.3 Å². The molecule has 7 heteroatoms. The van der Waals surface area contributed by atoms with Crippen LogP contribution in [-0.4, -0.2) is 31.4 Å².